The number of piperazine rings is 1. The molecule has 0 radical (unpaired) electrons. The van der Waals surface area contributed by atoms with Gasteiger partial charge in [0.25, 0.3) is 15.9 Å². The Morgan fingerprint density at radius 2 is 1.49 bits per heavy atom. The molecule has 0 aliphatic carbocycles. The lowest BCUT2D eigenvalue weighted by atomic mass is 10.2. The zero-order valence-corrected chi connectivity index (χ0v) is 26.9. The molecule has 1 N–H and O–H groups in total. The lowest BCUT2D eigenvalue weighted by Gasteiger charge is -2.36. The van der Waals surface area contributed by atoms with Gasteiger partial charge in [-0.3, -0.25) is 19.4 Å². The normalized spacial score (nSPS) is 16.3. The molecule has 0 aromatic heterocycles. The Balaban J connectivity index is 1.16. The van der Waals surface area contributed by atoms with E-state index in [9.17, 15) is 18.0 Å². The molecule has 240 valence electrons. The van der Waals surface area contributed by atoms with E-state index in [2.05, 4.69) is 15.1 Å². The number of carbonyl (C=O) groups is 2. The molecule has 2 heterocycles. The predicted octanol–water partition coefficient (Wildman–Crippen LogP) is 3.39. The van der Waals surface area contributed by atoms with E-state index in [1.54, 1.807) is 35.2 Å². The average Bonchev–Trinajstić information content (AvgIpc) is 3.07. The summed E-state index contributed by atoms with van der Waals surface area (Å²) in [7, 11) is -4.26. The fourth-order valence-corrected chi connectivity index (χ4v) is 6.69. The smallest absolute Gasteiger partial charge is 0.295 e. The van der Waals surface area contributed by atoms with Gasteiger partial charge in [0.05, 0.1) is 35.4 Å². The second-order valence-corrected chi connectivity index (χ2v) is 13.2. The maximum absolute atomic E-state index is 13.7. The minimum atomic E-state index is -4.26. The molecule has 45 heavy (non-hydrogen) atoms. The van der Waals surface area contributed by atoms with Crippen LogP contribution in [-0.4, -0.2) is 107 Å². The van der Waals surface area contributed by atoms with E-state index in [1.165, 1.54) is 42.5 Å². The molecule has 2 aliphatic heterocycles. The molecular weight excluding hydrogens is 641 g/mol. The maximum atomic E-state index is 13.7. The van der Waals surface area contributed by atoms with E-state index in [0.717, 1.165) is 57.0 Å². The quantitative estimate of drug-likeness (QED) is 0.308. The van der Waals surface area contributed by atoms with E-state index in [0.29, 0.717) is 18.1 Å². The van der Waals surface area contributed by atoms with Crippen molar-refractivity contribution in [2.75, 3.05) is 76.6 Å². The first kappa shape index (κ1) is 33.0. The van der Waals surface area contributed by atoms with Crippen molar-refractivity contribution >= 4 is 50.7 Å². The van der Waals surface area contributed by atoms with Gasteiger partial charge in [-0.1, -0.05) is 45.9 Å². The zero-order chi connectivity index (χ0) is 31.8. The number of hydrogen-bond acceptors (Lipinski definition) is 8. The van der Waals surface area contributed by atoms with Gasteiger partial charge in [-0.05, 0) is 54.6 Å². The number of benzene rings is 3. The Morgan fingerprint density at radius 1 is 0.844 bits per heavy atom. The van der Waals surface area contributed by atoms with Crippen LogP contribution in [0, 0.1) is 0 Å². The van der Waals surface area contributed by atoms with Crippen molar-refractivity contribution in [2.45, 2.75) is 4.90 Å². The predicted molar refractivity (Wildman–Crippen MR) is 172 cm³/mol. The molecule has 0 bridgehead atoms. The highest BCUT2D eigenvalue weighted by molar-refractivity contribution is 7.92. The van der Waals surface area contributed by atoms with Gasteiger partial charge in [-0.2, -0.15) is 8.42 Å². The van der Waals surface area contributed by atoms with Crippen LogP contribution < -0.4 is 14.6 Å². The summed E-state index contributed by atoms with van der Waals surface area (Å²) in [6.45, 7) is 8.03. The van der Waals surface area contributed by atoms with E-state index >= 15 is 0 Å². The number of halogens is 2. The molecule has 0 atom stereocenters. The molecule has 0 spiro atoms. The number of morpholine rings is 1. The maximum Gasteiger partial charge on any atom is 0.295 e. The van der Waals surface area contributed by atoms with Crippen LogP contribution in [0.1, 0.15) is 10.4 Å². The van der Waals surface area contributed by atoms with Gasteiger partial charge >= 0.3 is 0 Å². The van der Waals surface area contributed by atoms with E-state index in [-0.39, 0.29) is 39.4 Å². The van der Waals surface area contributed by atoms with Crippen LogP contribution in [-0.2, 0) is 19.6 Å². The van der Waals surface area contributed by atoms with Crippen molar-refractivity contribution in [2.24, 2.45) is 0 Å². The molecule has 3 aromatic carbocycles. The van der Waals surface area contributed by atoms with Crippen LogP contribution in [0.15, 0.2) is 77.7 Å². The van der Waals surface area contributed by atoms with Crippen LogP contribution in [0.2, 0.25) is 10.0 Å². The number of nitrogens with one attached hydrogen (secondary N) is 1. The number of rotatable bonds is 11. The molecule has 0 unspecified atom stereocenters. The summed E-state index contributed by atoms with van der Waals surface area (Å²) in [5, 5.41) is 3.15. The third kappa shape index (κ3) is 8.66. The van der Waals surface area contributed by atoms with Crippen molar-refractivity contribution in [1.29, 1.82) is 0 Å². The largest absolute Gasteiger partial charge is 0.379 e. The van der Waals surface area contributed by atoms with Crippen LogP contribution in [0.4, 0.5) is 5.69 Å². The lowest BCUT2D eigenvalue weighted by molar-refractivity contribution is -0.131. The number of para-hydroxylation sites is 1. The standard InChI is InChI=1S/C31H35Cl2N5O6S/c32-25-8-11-29(28(33)22-25)44-38(26-4-2-1-3-5-26)45(41,42)27-9-6-24(7-10-27)31(40)34-23-30(39)37-16-14-35(15-17-37)12-13-36-18-20-43-21-19-36/h1-11,22H,12-21,23H2,(H,34,40). The minimum absolute atomic E-state index is 0.0866. The number of amides is 2. The highest BCUT2D eigenvalue weighted by Crippen LogP contribution is 2.32. The highest BCUT2D eigenvalue weighted by atomic mass is 35.5. The van der Waals surface area contributed by atoms with Gasteiger partial charge in [0.2, 0.25) is 5.91 Å². The van der Waals surface area contributed by atoms with E-state index in [1.807, 2.05) is 0 Å². The number of sulfonamides is 1. The van der Waals surface area contributed by atoms with Crippen LogP contribution >= 0.6 is 23.2 Å². The lowest BCUT2D eigenvalue weighted by Crippen LogP contribution is -2.52. The SMILES string of the molecule is O=C(NCC(=O)N1CCN(CCN2CCOCC2)CC1)c1ccc(S(=O)(=O)N(Oc2ccc(Cl)cc2Cl)c2ccccc2)cc1. The Bertz CT molecular complexity index is 1570. The molecule has 2 saturated heterocycles. The molecular formula is C31H35Cl2N5O6S. The number of anilines is 1. The van der Waals surface area contributed by atoms with E-state index in [4.69, 9.17) is 32.8 Å². The number of carbonyl (C=O) groups excluding carboxylic acids is 2. The fourth-order valence-electron chi connectivity index (χ4n) is 5.00. The summed E-state index contributed by atoms with van der Waals surface area (Å²) in [6, 6.07) is 18.1. The van der Waals surface area contributed by atoms with Gasteiger partial charge in [0.15, 0.2) is 5.75 Å². The number of ether oxygens (including phenoxy) is 1. The van der Waals surface area contributed by atoms with Crippen molar-refractivity contribution in [3.05, 3.63) is 88.4 Å². The first-order valence-electron chi connectivity index (χ1n) is 14.6. The van der Waals surface area contributed by atoms with Gasteiger partial charge in [-0.15, -0.1) is 0 Å². The number of nitrogens with zero attached hydrogens (tertiary/aromatic N) is 4. The molecule has 5 rings (SSSR count). The first-order chi connectivity index (χ1) is 21.7. The average molecular weight is 677 g/mol. The first-order valence-corrected chi connectivity index (χ1v) is 16.8. The monoisotopic (exact) mass is 675 g/mol. The third-order valence-corrected chi connectivity index (χ3v) is 9.76. The topological polar surface area (TPSA) is 112 Å². The summed E-state index contributed by atoms with van der Waals surface area (Å²) in [4.78, 5) is 37.8. The molecule has 2 amide bonds. The summed E-state index contributed by atoms with van der Waals surface area (Å²) >= 11 is 12.2. The minimum Gasteiger partial charge on any atom is -0.379 e. The molecule has 0 saturated carbocycles. The Hall–Kier alpha value is -3.39. The van der Waals surface area contributed by atoms with Gasteiger partial charge in [-0.25, -0.2) is 0 Å². The van der Waals surface area contributed by atoms with Crippen LogP contribution in [0.3, 0.4) is 0 Å². The van der Waals surface area contributed by atoms with Crippen molar-refractivity contribution < 1.29 is 27.6 Å². The van der Waals surface area contributed by atoms with Gasteiger partial charge < -0.3 is 19.8 Å². The number of hydrogen-bond donors (Lipinski definition) is 1. The highest BCUT2D eigenvalue weighted by Gasteiger charge is 2.29. The van der Waals surface area contributed by atoms with Crippen LogP contribution in [0.5, 0.6) is 5.75 Å². The summed E-state index contributed by atoms with van der Waals surface area (Å²) in [6.07, 6.45) is 0. The summed E-state index contributed by atoms with van der Waals surface area (Å²) in [5.74, 6) is -0.559. The second-order valence-electron chi connectivity index (χ2n) is 10.6. The molecule has 3 aromatic rings. The van der Waals surface area contributed by atoms with Crippen molar-refractivity contribution in [3.8, 4) is 5.75 Å². The molecule has 2 fully saturated rings. The third-order valence-electron chi connectivity index (χ3n) is 7.64. The Kier molecular flexibility index (Phi) is 11.2. The summed E-state index contributed by atoms with van der Waals surface area (Å²) in [5.41, 5.74) is 0.449. The Morgan fingerprint density at radius 3 is 2.13 bits per heavy atom. The van der Waals surface area contributed by atoms with Crippen LogP contribution in [0.25, 0.3) is 0 Å². The van der Waals surface area contributed by atoms with Crippen molar-refractivity contribution in [3.63, 3.8) is 0 Å². The van der Waals surface area contributed by atoms with Gasteiger partial charge in [0, 0.05) is 62.9 Å². The van der Waals surface area contributed by atoms with E-state index < -0.39 is 15.9 Å². The molecule has 14 heteroatoms. The molecule has 2 aliphatic rings. The molecule has 11 nitrogen and oxygen atoms in total. The summed E-state index contributed by atoms with van der Waals surface area (Å²) < 4.78 is 33.6. The van der Waals surface area contributed by atoms with Gasteiger partial charge in [0.1, 0.15) is 0 Å². The van der Waals surface area contributed by atoms with Crippen molar-refractivity contribution in [1.82, 2.24) is 20.0 Å². The zero-order valence-electron chi connectivity index (χ0n) is 24.6. The fraction of sp³-hybridized carbons (Fsp3) is 0.355. The second kappa shape index (κ2) is 15.3. The Labute approximate surface area is 273 Å².